The number of aliphatic hydroxyl groups excluding tert-OH is 1. The molecule has 4 nitrogen and oxygen atoms in total. The van der Waals surface area contributed by atoms with Crippen LogP contribution in [0.3, 0.4) is 0 Å². The molecule has 3 unspecified atom stereocenters. The van der Waals surface area contributed by atoms with Crippen molar-refractivity contribution in [2.45, 2.75) is 64.0 Å². The molecular formula is C13H26N2O2. The Labute approximate surface area is 104 Å². The minimum absolute atomic E-state index is 0.0433. The molecule has 0 aromatic rings. The monoisotopic (exact) mass is 242 g/mol. The van der Waals surface area contributed by atoms with Crippen molar-refractivity contribution >= 4 is 5.91 Å². The van der Waals surface area contributed by atoms with Gasteiger partial charge in [0.15, 0.2) is 0 Å². The number of amides is 1. The van der Waals surface area contributed by atoms with Gasteiger partial charge in [0.1, 0.15) is 0 Å². The van der Waals surface area contributed by atoms with E-state index < -0.39 is 0 Å². The first-order valence-corrected chi connectivity index (χ1v) is 6.81. The van der Waals surface area contributed by atoms with Crippen LogP contribution in [0.4, 0.5) is 0 Å². The first kappa shape index (κ1) is 14.5. The van der Waals surface area contributed by atoms with E-state index in [1.807, 2.05) is 6.92 Å². The van der Waals surface area contributed by atoms with Crippen molar-refractivity contribution < 1.29 is 9.90 Å². The second-order valence-corrected chi connectivity index (χ2v) is 5.26. The van der Waals surface area contributed by atoms with Crippen LogP contribution >= 0.6 is 0 Å². The number of nitrogens with one attached hydrogen (secondary N) is 1. The van der Waals surface area contributed by atoms with Crippen molar-refractivity contribution in [2.24, 2.45) is 11.7 Å². The predicted octanol–water partition coefficient (Wildman–Crippen LogP) is 1.17. The fourth-order valence-corrected chi connectivity index (χ4v) is 2.23. The summed E-state index contributed by atoms with van der Waals surface area (Å²) >= 11 is 0. The van der Waals surface area contributed by atoms with E-state index in [2.05, 4.69) is 5.32 Å². The van der Waals surface area contributed by atoms with E-state index in [0.717, 1.165) is 38.5 Å². The summed E-state index contributed by atoms with van der Waals surface area (Å²) in [6.45, 7) is 2.67. The Bertz CT molecular complexity index is 233. The molecule has 0 aromatic heterocycles. The van der Waals surface area contributed by atoms with Crippen molar-refractivity contribution in [2.75, 3.05) is 6.54 Å². The third-order valence-corrected chi connectivity index (χ3v) is 3.59. The Morgan fingerprint density at radius 2 is 2.12 bits per heavy atom. The molecule has 1 amide bonds. The number of carbonyl (C=O) groups is 1. The number of hydrogen-bond acceptors (Lipinski definition) is 3. The fourth-order valence-electron chi connectivity index (χ4n) is 2.23. The highest BCUT2D eigenvalue weighted by Gasteiger charge is 2.22. The molecule has 1 saturated carbocycles. The van der Waals surface area contributed by atoms with Crippen LogP contribution in [0, 0.1) is 5.92 Å². The summed E-state index contributed by atoms with van der Waals surface area (Å²) in [6, 6.07) is -0.0433. The maximum Gasteiger partial charge on any atom is 0.220 e. The van der Waals surface area contributed by atoms with Crippen LogP contribution in [0.1, 0.15) is 51.9 Å². The third-order valence-electron chi connectivity index (χ3n) is 3.59. The molecule has 1 aliphatic carbocycles. The highest BCUT2D eigenvalue weighted by Crippen LogP contribution is 2.18. The zero-order valence-electron chi connectivity index (χ0n) is 10.8. The molecule has 0 bridgehead atoms. The molecule has 0 aliphatic heterocycles. The lowest BCUT2D eigenvalue weighted by molar-refractivity contribution is -0.123. The molecule has 4 heteroatoms. The summed E-state index contributed by atoms with van der Waals surface area (Å²) in [6.07, 6.45) is 6.01. The van der Waals surface area contributed by atoms with E-state index in [-0.39, 0.29) is 18.1 Å². The average Bonchev–Trinajstić information content (AvgIpc) is 2.52. The Balaban J connectivity index is 2.28. The molecule has 1 rings (SSSR count). The number of hydrogen-bond donors (Lipinski definition) is 3. The van der Waals surface area contributed by atoms with Crippen molar-refractivity contribution in [1.82, 2.24) is 5.32 Å². The molecule has 0 saturated heterocycles. The van der Waals surface area contributed by atoms with Crippen LogP contribution in [-0.2, 0) is 4.79 Å². The SMILES string of the molecule is CC(CN)CCC(=O)NC1CCCCCC1O. The quantitative estimate of drug-likeness (QED) is 0.633. The lowest BCUT2D eigenvalue weighted by Crippen LogP contribution is -2.42. The minimum Gasteiger partial charge on any atom is -0.391 e. The second kappa shape index (κ2) is 7.67. The Morgan fingerprint density at radius 1 is 1.41 bits per heavy atom. The van der Waals surface area contributed by atoms with Gasteiger partial charge >= 0.3 is 0 Å². The zero-order chi connectivity index (χ0) is 12.7. The van der Waals surface area contributed by atoms with Crippen molar-refractivity contribution in [3.8, 4) is 0 Å². The summed E-state index contributed by atoms with van der Waals surface area (Å²) < 4.78 is 0. The molecule has 0 heterocycles. The normalized spacial score (nSPS) is 27.2. The maximum atomic E-state index is 11.7. The van der Waals surface area contributed by atoms with E-state index in [0.29, 0.717) is 18.9 Å². The van der Waals surface area contributed by atoms with Crippen LogP contribution in [-0.4, -0.2) is 29.7 Å². The summed E-state index contributed by atoms with van der Waals surface area (Å²) in [7, 11) is 0. The molecule has 0 spiro atoms. The molecule has 4 N–H and O–H groups in total. The van der Waals surface area contributed by atoms with Crippen LogP contribution in [0.5, 0.6) is 0 Å². The number of rotatable bonds is 5. The largest absolute Gasteiger partial charge is 0.391 e. The molecule has 1 fully saturated rings. The smallest absolute Gasteiger partial charge is 0.220 e. The first-order chi connectivity index (χ1) is 8.13. The van der Waals surface area contributed by atoms with E-state index in [1.165, 1.54) is 0 Å². The highest BCUT2D eigenvalue weighted by molar-refractivity contribution is 5.76. The fraction of sp³-hybridized carbons (Fsp3) is 0.923. The molecule has 17 heavy (non-hydrogen) atoms. The van der Waals surface area contributed by atoms with E-state index in [1.54, 1.807) is 0 Å². The minimum atomic E-state index is -0.367. The number of carbonyl (C=O) groups excluding carboxylic acids is 1. The Kier molecular flexibility index (Phi) is 6.52. The van der Waals surface area contributed by atoms with Gasteiger partial charge in [-0.3, -0.25) is 4.79 Å². The van der Waals surface area contributed by atoms with Gasteiger partial charge in [0, 0.05) is 6.42 Å². The number of aliphatic hydroxyl groups is 1. The van der Waals surface area contributed by atoms with Gasteiger partial charge in [-0.1, -0.05) is 26.2 Å². The van der Waals surface area contributed by atoms with Crippen molar-refractivity contribution in [3.05, 3.63) is 0 Å². The molecule has 3 atom stereocenters. The zero-order valence-corrected chi connectivity index (χ0v) is 10.8. The lowest BCUT2D eigenvalue weighted by atomic mass is 10.0. The van der Waals surface area contributed by atoms with Gasteiger partial charge in [-0.2, -0.15) is 0 Å². The topological polar surface area (TPSA) is 75.4 Å². The first-order valence-electron chi connectivity index (χ1n) is 6.81. The third kappa shape index (κ3) is 5.50. The van der Waals surface area contributed by atoms with Gasteiger partial charge in [0.25, 0.3) is 0 Å². The summed E-state index contributed by atoms with van der Waals surface area (Å²) in [5.41, 5.74) is 5.51. The highest BCUT2D eigenvalue weighted by atomic mass is 16.3. The van der Waals surface area contributed by atoms with E-state index in [9.17, 15) is 9.90 Å². The number of nitrogens with two attached hydrogens (primary N) is 1. The lowest BCUT2D eigenvalue weighted by Gasteiger charge is -2.22. The van der Waals surface area contributed by atoms with Crippen LogP contribution < -0.4 is 11.1 Å². The van der Waals surface area contributed by atoms with Crippen LogP contribution in [0.15, 0.2) is 0 Å². The predicted molar refractivity (Wildman–Crippen MR) is 68.5 cm³/mol. The van der Waals surface area contributed by atoms with Crippen molar-refractivity contribution in [1.29, 1.82) is 0 Å². The Hall–Kier alpha value is -0.610. The maximum absolute atomic E-state index is 11.7. The van der Waals surface area contributed by atoms with Crippen LogP contribution in [0.2, 0.25) is 0 Å². The average molecular weight is 242 g/mol. The molecule has 0 aromatic carbocycles. The van der Waals surface area contributed by atoms with E-state index in [4.69, 9.17) is 5.73 Å². The molecule has 0 radical (unpaired) electrons. The molecule has 1 aliphatic rings. The van der Waals surface area contributed by atoms with Crippen LogP contribution in [0.25, 0.3) is 0 Å². The van der Waals surface area contributed by atoms with Gasteiger partial charge in [-0.15, -0.1) is 0 Å². The van der Waals surface area contributed by atoms with Crippen molar-refractivity contribution in [3.63, 3.8) is 0 Å². The van der Waals surface area contributed by atoms with E-state index >= 15 is 0 Å². The van der Waals surface area contributed by atoms with Gasteiger partial charge in [-0.05, 0) is 31.7 Å². The second-order valence-electron chi connectivity index (χ2n) is 5.26. The van der Waals surface area contributed by atoms with Gasteiger partial charge in [0.05, 0.1) is 12.1 Å². The van der Waals surface area contributed by atoms with Gasteiger partial charge in [-0.25, -0.2) is 0 Å². The summed E-state index contributed by atoms with van der Waals surface area (Å²) in [4.78, 5) is 11.7. The summed E-state index contributed by atoms with van der Waals surface area (Å²) in [5.74, 6) is 0.441. The molecular weight excluding hydrogens is 216 g/mol. The molecule has 100 valence electrons. The van der Waals surface area contributed by atoms with Gasteiger partial charge < -0.3 is 16.2 Å². The van der Waals surface area contributed by atoms with Gasteiger partial charge in [0.2, 0.25) is 5.91 Å². The standard InChI is InChI=1S/C13H26N2O2/c1-10(9-14)7-8-13(17)15-11-5-3-2-4-6-12(11)16/h10-12,16H,2-9,14H2,1H3,(H,15,17). The Morgan fingerprint density at radius 3 is 2.82 bits per heavy atom. The summed E-state index contributed by atoms with van der Waals surface area (Å²) in [5, 5.41) is 12.8.